The smallest absolute Gasteiger partial charge is 0.326 e. The van der Waals surface area contributed by atoms with Gasteiger partial charge in [-0.25, -0.2) is 0 Å². The van der Waals surface area contributed by atoms with Crippen LogP contribution in [0, 0.1) is 10.1 Å². The highest BCUT2D eigenvalue weighted by atomic mass is 16.6. The summed E-state index contributed by atoms with van der Waals surface area (Å²) in [7, 11) is 2.94. The van der Waals surface area contributed by atoms with E-state index in [1.54, 1.807) is 18.2 Å². The van der Waals surface area contributed by atoms with Gasteiger partial charge in [0.05, 0.1) is 19.1 Å². The number of amides is 2. The molecule has 2 aromatic rings. The standard InChI is InChI=1S/C20H21N3O8/c1-12(19(25)22-14-7-8-16(29-2)17(10-14)30-3)31-18(24)11-21-20(26)13-5-4-6-15(9-13)23(27)28/h4-10,12H,11H2,1-3H3,(H,21,26)(H,22,25). The predicted octanol–water partition coefficient (Wildman–Crippen LogP) is 1.91. The van der Waals surface area contributed by atoms with Crippen molar-refractivity contribution in [2.24, 2.45) is 0 Å². The maximum Gasteiger partial charge on any atom is 0.326 e. The summed E-state index contributed by atoms with van der Waals surface area (Å²) in [6, 6.07) is 9.79. The Kier molecular flexibility index (Phi) is 7.89. The Hall–Kier alpha value is -4.15. The molecule has 1 unspecified atom stereocenters. The number of benzene rings is 2. The first-order chi connectivity index (χ1) is 14.7. The van der Waals surface area contributed by atoms with Gasteiger partial charge in [0, 0.05) is 29.4 Å². The van der Waals surface area contributed by atoms with E-state index in [-0.39, 0.29) is 11.3 Å². The molecule has 0 aliphatic heterocycles. The topological polar surface area (TPSA) is 146 Å². The second kappa shape index (κ2) is 10.6. The molecule has 2 amide bonds. The molecule has 2 rings (SSSR count). The van der Waals surface area contributed by atoms with Gasteiger partial charge >= 0.3 is 5.97 Å². The number of nitrogens with zero attached hydrogens (tertiary/aromatic N) is 1. The van der Waals surface area contributed by atoms with Crippen LogP contribution in [0.1, 0.15) is 17.3 Å². The number of anilines is 1. The molecule has 2 N–H and O–H groups in total. The number of hydrogen-bond donors (Lipinski definition) is 2. The van der Waals surface area contributed by atoms with Crippen LogP contribution in [0.5, 0.6) is 11.5 Å². The molecular formula is C20H21N3O8. The molecule has 0 bridgehead atoms. The lowest BCUT2D eigenvalue weighted by atomic mass is 10.2. The van der Waals surface area contributed by atoms with Crippen LogP contribution in [0.15, 0.2) is 42.5 Å². The fourth-order valence-electron chi connectivity index (χ4n) is 2.47. The molecule has 0 aliphatic rings. The Labute approximate surface area is 177 Å². The Bertz CT molecular complexity index is 992. The molecule has 164 valence electrons. The molecule has 0 radical (unpaired) electrons. The van der Waals surface area contributed by atoms with Crippen molar-refractivity contribution in [3.8, 4) is 11.5 Å². The first-order valence-electron chi connectivity index (χ1n) is 9.00. The molecular weight excluding hydrogens is 410 g/mol. The molecule has 0 saturated heterocycles. The molecule has 0 heterocycles. The van der Waals surface area contributed by atoms with Gasteiger partial charge in [-0.05, 0) is 25.1 Å². The second-order valence-electron chi connectivity index (χ2n) is 6.18. The number of nitro benzene ring substituents is 1. The van der Waals surface area contributed by atoms with Crippen molar-refractivity contribution < 1.29 is 33.5 Å². The molecule has 2 aromatic carbocycles. The Morgan fingerprint density at radius 3 is 2.42 bits per heavy atom. The summed E-state index contributed by atoms with van der Waals surface area (Å²) < 4.78 is 15.3. The van der Waals surface area contributed by atoms with Crippen molar-refractivity contribution in [1.82, 2.24) is 5.32 Å². The monoisotopic (exact) mass is 431 g/mol. The highest BCUT2D eigenvalue weighted by molar-refractivity contribution is 5.97. The third-order valence-corrected chi connectivity index (χ3v) is 4.04. The minimum absolute atomic E-state index is 0.0150. The summed E-state index contributed by atoms with van der Waals surface area (Å²) >= 11 is 0. The maximum absolute atomic E-state index is 12.3. The van der Waals surface area contributed by atoms with Crippen LogP contribution in [0.4, 0.5) is 11.4 Å². The summed E-state index contributed by atoms with van der Waals surface area (Å²) in [5.41, 5.74) is 0.168. The Morgan fingerprint density at radius 2 is 1.77 bits per heavy atom. The molecule has 0 spiro atoms. The number of methoxy groups -OCH3 is 2. The van der Waals surface area contributed by atoms with Crippen LogP contribution < -0.4 is 20.1 Å². The van der Waals surface area contributed by atoms with Crippen molar-refractivity contribution in [3.63, 3.8) is 0 Å². The van der Waals surface area contributed by atoms with Crippen molar-refractivity contribution in [2.75, 3.05) is 26.1 Å². The Morgan fingerprint density at radius 1 is 1.06 bits per heavy atom. The van der Waals surface area contributed by atoms with E-state index in [2.05, 4.69) is 10.6 Å². The van der Waals surface area contributed by atoms with Crippen molar-refractivity contribution >= 4 is 29.2 Å². The van der Waals surface area contributed by atoms with E-state index in [0.717, 1.165) is 6.07 Å². The van der Waals surface area contributed by atoms with E-state index in [4.69, 9.17) is 14.2 Å². The van der Waals surface area contributed by atoms with Crippen LogP contribution in [0.2, 0.25) is 0 Å². The van der Waals surface area contributed by atoms with E-state index in [9.17, 15) is 24.5 Å². The largest absolute Gasteiger partial charge is 0.493 e. The van der Waals surface area contributed by atoms with Gasteiger partial charge < -0.3 is 24.8 Å². The number of nitro groups is 1. The molecule has 31 heavy (non-hydrogen) atoms. The van der Waals surface area contributed by atoms with Crippen molar-refractivity contribution in [1.29, 1.82) is 0 Å². The Balaban J connectivity index is 1.87. The lowest BCUT2D eigenvalue weighted by Crippen LogP contribution is -2.35. The fraction of sp³-hybridized carbons (Fsp3) is 0.250. The number of rotatable bonds is 9. The SMILES string of the molecule is COc1ccc(NC(=O)C(C)OC(=O)CNC(=O)c2cccc([N+](=O)[O-])c2)cc1OC. The summed E-state index contributed by atoms with van der Waals surface area (Å²) in [6.45, 7) is 0.853. The predicted molar refractivity (Wildman–Crippen MR) is 109 cm³/mol. The fourth-order valence-corrected chi connectivity index (χ4v) is 2.47. The van der Waals surface area contributed by atoms with Gasteiger partial charge in [-0.2, -0.15) is 0 Å². The quantitative estimate of drug-likeness (QED) is 0.348. The highest BCUT2D eigenvalue weighted by Crippen LogP contribution is 2.29. The number of nitrogens with one attached hydrogen (secondary N) is 2. The molecule has 0 fully saturated rings. The zero-order valence-electron chi connectivity index (χ0n) is 17.0. The van der Waals surface area contributed by atoms with Crippen LogP contribution >= 0.6 is 0 Å². The van der Waals surface area contributed by atoms with Crippen LogP contribution in [0.25, 0.3) is 0 Å². The van der Waals surface area contributed by atoms with Gasteiger partial charge in [0.2, 0.25) is 0 Å². The molecule has 11 heteroatoms. The third-order valence-electron chi connectivity index (χ3n) is 4.04. The van der Waals surface area contributed by atoms with E-state index >= 15 is 0 Å². The van der Waals surface area contributed by atoms with E-state index in [1.807, 2.05) is 0 Å². The molecule has 1 atom stereocenters. The molecule has 0 aliphatic carbocycles. The summed E-state index contributed by atoms with van der Waals surface area (Å²) in [6.07, 6.45) is -1.14. The molecule has 0 aromatic heterocycles. The van der Waals surface area contributed by atoms with Crippen molar-refractivity contribution in [2.45, 2.75) is 13.0 Å². The van der Waals surface area contributed by atoms with Gasteiger partial charge in [-0.3, -0.25) is 24.5 Å². The lowest BCUT2D eigenvalue weighted by molar-refractivity contribution is -0.384. The average molecular weight is 431 g/mol. The lowest BCUT2D eigenvalue weighted by Gasteiger charge is -2.15. The number of esters is 1. The van der Waals surface area contributed by atoms with Gasteiger partial charge in [0.25, 0.3) is 17.5 Å². The van der Waals surface area contributed by atoms with Crippen LogP contribution in [0.3, 0.4) is 0 Å². The highest BCUT2D eigenvalue weighted by Gasteiger charge is 2.19. The second-order valence-corrected chi connectivity index (χ2v) is 6.18. The van der Waals surface area contributed by atoms with E-state index < -0.39 is 35.4 Å². The minimum Gasteiger partial charge on any atom is -0.493 e. The first kappa shape index (κ1) is 23.1. The molecule has 11 nitrogen and oxygen atoms in total. The van der Waals surface area contributed by atoms with Crippen molar-refractivity contribution in [3.05, 3.63) is 58.1 Å². The summed E-state index contributed by atoms with van der Waals surface area (Å²) in [4.78, 5) is 46.4. The number of ether oxygens (including phenoxy) is 3. The van der Waals surface area contributed by atoms with E-state index in [0.29, 0.717) is 17.2 Å². The number of carbonyl (C=O) groups is 3. The number of hydrogen-bond acceptors (Lipinski definition) is 8. The van der Waals surface area contributed by atoms with Crippen LogP contribution in [-0.2, 0) is 14.3 Å². The summed E-state index contributed by atoms with van der Waals surface area (Å²) in [5.74, 6) is -1.24. The van der Waals surface area contributed by atoms with Crippen LogP contribution in [-0.4, -0.2) is 49.6 Å². The maximum atomic E-state index is 12.3. The zero-order chi connectivity index (χ0) is 23.0. The van der Waals surface area contributed by atoms with Gasteiger partial charge in [0.15, 0.2) is 17.6 Å². The average Bonchev–Trinajstić information content (AvgIpc) is 2.77. The van der Waals surface area contributed by atoms with E-state index in [1.165, 1.54) is 39.3 Å². The zero-order valence-corrected chi connectivity index (χ0v) is 17.0. The van der Waals surface area contributed by atoms with Gasteiger partial charge in [-0.1, -0.05) is 6.07 Å². The van der Waals surface area contributed by atoms with Gasteiger partial charge in [-0.15, -0.1) is 0 Å². The number of non-ortho nitro benzene ring substituents is 1. The minimum atomic E-state index is -1.14. The van der Waals surface area contributed by atoms with Gasteiger partial charge in [0.1, 0.15) is 6.54 Å². The molecule has 0 saturated carbocycles. The normalized spacial score (nSPS) is 11.1. The summed E-state index contributed by atoms with van der Waals surface area (Å²) in [5, 5.41) is 15.6. The first-order valence-corrected chi connectivity index (χ1v) is 9.00. The number of carbonyl (C=O) groups excluding carboxylic acids is 3. The third kappa shape index (κ3) is 6.42.